The molecule has 1 fully saturated rings. The van der Waals surface area contributed by atoms with Crippen LogP contribution in [0.2, 0.25) is 0 Å². The quantitative estimate of drug-likeness (QED) is 0.839. The van der Waals surface area contributed by atoms with Crippen LogP contribution in [-0.4, -0.2) is 44.9 Å². The van der Waals surface area contributed by atoms with Crippen LogP contribution in [-0.2, 0) is 16.6 Å². The molecule has 120 valence electrons. The first-order valence-electron chi connectivity index (χ1n) is 8.24. The van der Waals surface area contributed by atoms with Gasteiger partial charge in [-0.05, 0) is 49.7 Å². The summed E-state index contributed by atoms with van der Waals surface area (Å²) in [6, 6.07) is 4.72. The van der Waals surface area contributed by atoms with Crippen molar-refractivity contribution >= 4 is 0 Å². The van der Waals surface area contributed by atoms with Crippen LogP contribution in [0.5, 0.6) is 11.5 Å². The summed E-state index contributed by atoms with van der Waals surface area (Å²) in [6.45, 7) is 1.08. The minimum Gasteiger partial charge on any atom is -0.497 e. The lowest BCUT2D eigenvalue weighted by Crippen LogP contribution is -2.58. The monoisotopic (exact) mass is 311 g/mol. The van der Waals surface area contributed by atoms with E-state index in [1.54, 1.807) is 14.2 Å². The molecule has 23 heavy (non-hydrogen) atoms. The average Bonchev–Trinajstić information content (AvgIpc) is 2.92. The highest BCUT2D eigenvalue weighted by Gasteiger charge is 2.61. The normalized spacial score (nSPS) is 33.3. The fourth-order valence-electron chi connectivity index (χ4n) is 5.10. The zero-order valence-electron chi connectivity index (χ0n) is 13.8. The van der Waals surface area contributed by atoms with E-state index < -0.39 is 0 Å². The summed E-state index contributed by atoms with van der Waals surface area (Å²) < 4.78 is 17.7. The van der Waals surface area contributed by atoms with Gasteiger partial charge in [0.1, 0.15) is 5.76 Å². The van der Waals surface area contributed by atoms with E-state index in [2.05, 4.69) is 30.2 Å². The lowest BCUT2D eigenvalue weighted by molar-refractivity contribution is 0.0734. The van der Waals surface area contributed by atoms with Crippen LogP contribution in [0.25, 0.3) is 0 Å². The third-order valence-electron chi connectivity index (χ3n) is 6.16. The lowest BCUT2D eigenvalue weighted by Gasteiger charge is -2.52. The van der Waals surface area contributed by atoms with Crippen LogP contribution >= 0.6 is 0 Å². The highest BCUT2D eigenvalue weighted by atomic mass is 16.6. The van der Waals surface area contributed by atoms with E-state index in [0.717, 1.165) is 36.6 Å². The summed E-state index contributed by atoms with van der Waals surface area (Å²) in [6.07, 6.45) is 6.41. The number of hydrogen-bond donors (Lipinski definition) is 0. The zero-order valence-corrected chi connectivity index (χ0v) is 13.8. The summed E-state index contributed by atoms with van der Waals surface area (Å²) >= 11 is 0. The molecule has 4 nitrogen and oxygen atoms in total. The van der Waals surface area contributed by atoms with Gasteiger partial charge in [0.25, 0.3) is 0 Å². The Kier molecular flexibility index (Phi) is 2.54. The number of piperidine rings is 1. The summed E-state index contributed by atoms with van der Waals surface area (Å²) in [5, 5.41) is 0. The van der Waals surface area contributed by atoms with E-state index in [9.17, 15) is 0 Å². The maximum atomic E-state index is 6.46. The van der Waals surface area contributed by atoms with Gasteiger partial charge >= 0.3 is 0 Å². The number of rotatable bonds is 2. The van der Waals surface area contributed by atoms with Crippen LogP contribution in [0, 0.1) is 0 Å². The van der Waals surface area contributed by atoms with E-state index in [4.69, 9.17) is 14.2 Å². The van der Waals surface area contributed by atoms with Crippen LogP contribution in [0.15, 0.2) is 35.6 Å². The highest BCUT2D eigenvalue weighted by Crippen LogP contribution is 2.62. The predicted molar refractivity (Wildman–Crippen MR) is 87.0 cm³/mol. The molecule has 0 radical (unpaired) electrons. The van der Waals surface area contributed by atoms with Gasteiger partial charge in [0.05, 0.1) is 19.6 Å². The summed E-state index contributed by atoms with van der Waals surface area (Å²) in [4.78, 5) is 2.48. The smallest absolute Gasteiger partial charge is 0.169 e. The number of nitrogens with zero attached hydrogens (tertiary/aromatic N) is 1. The Hall–Kier alpha value is -1.94. The number of likely N-dealkylation sites (tertiary alicyclic amines) is 1. The molecule has 2 aliphatic carbocycles. The Labute approximate surface area is 136 Å². The molecule has 2 unspecified atom stereocenters. The second kappa shape index (κ2) is 4.32. The first kappa shape index (κ1) is 13.5. The zero-order chi connectivity index (χ0) is 15.8. The molecule has 3 atom stereocenters. The molecule has 1 aromatic carbocycles. The highest BCUT2D eigenvalue weighted by molar-refractivity contribution is 5.67. The third kappa shape index (κ3) is 1.41. The molecular weight excluding hydrogens is 290 g/mol. The van der Waals surface area contributed by atoms with E-state index in [1.807, 2.05) is 6.07 Å². The van der Waals surface area contributed by atoms with Crippen LogP contribution in [0.3, 0.4) is 0 Å². The minimum atomic E-state index is -0.0747. The number of ether oxygens (including phenoxy) is 3. The number of methoxy groups -OCH3 is 2. The standard InChI is InChI=1S/C19H21NO3/c1-20-9-8-19-12-5-7-15(22-3)18(19)23-17-14(21-2)6-4-11(16(17)19)10-13(12)20/h4-7,13,18H,8-10H2,1-3H3/t13?,18?,19-/m0/s1. The molecule has 1 spiro atoms. The topological polar surface area (TPSA) is 30.9 Å². The van der Waals surface area contributed by atoms with Crippen molar-refractivity contribution in [3.63, 3.8) is 0 Å². The van der Waals surface area contributed by atoms with Gasteiger partial charge in [0.2, 0.25) is 0 Å². The molecule has 0 saturated carbocycles. The van der Waals surface area contributed by atoms with Crippen molar-refractivity contribution in [3.05, 3.63) is 46.7 Å². The van der Waals surface area contributed by atoms with Gasteiger partial charge in [-0.3, -0.25) is 4.90 Å². The predicted octanol–water partition coefficient (Wildman–Crippen LogP) is 2.42. The van der Waals surface area contributed by atoms with Gasteiger partial charge in [-0.1, -0.05) is 12.1 Å². The molecule has 2 aliphatic heterocycles. The second-order valence-corrected chi connectivity index (χ2v) is 6.95. The van der Waals surface area contributed by atoms with Crippen molar-refractivity contribution in [3.8, 4) is 11.5 Å². The maximum Gasteiger partial charge on any atom is 0.169 e. The van der Waals surface area contributed by atoms with Crippen molar-refractivity contribution in [2.45, 2.75) is 30.4 Å². The summed E-state index contributed by atoms with van der Waals surface area (Å²) in [5.74, 6) is 2.68. The molecule has 0 amide bonds. The number of hydrogen-bond acceptors (Lipinski definition) is 4. The van der Waals surface area contributed by atoms with E-state index in [0.29, 0.717) is 6.04 Å². The van der Waals surface area contributed by atoms with Crippen molar-refractivity contribution in [1.82, 2.24) is 4.90 Å². The Balaban J connectivity index is 1.84. The molecular formula is C19H21NO3. The Bertz CT molecular complexity index is 766. The summed E-state index contributed by atoms with van der Waals surface area (Å²) in [7, 11) is 5.68. The minimum absolute atomic E-state index is 0.0611. The fraction of sp³-hybridized carbons (Fsp3) is 0.474. The number of allylic oxidation sites excluding steroid dienone is 2. The average molecular weight is 311 g/mol. The van der Waals surface area contributed by atoms with Crippen LogP contribution < -0.4 is 9.47 Å². The molecule has 0 aromatic heterocycles. The fourth-order valence-corrected chi connectivity index (χ4v) is 5.10. The van der Waals surface area contributed by atoms with Crippen molar-refractivity contribution in [1.29, 1.82) is 0 Å². The molecule has 2 heterocycles. The van der Waals surface area contributed by atoms with Gasteiger partial charge in [-0.25, -0.2) is 0 Å². The number of likely N-dealkylation sites (N-methyl/N-ethyl adjacent to an activating group) is 1. The first-order chi connectivity index (χ1) is 11.2. The molecule has 1 saturated heterocycles. The first-order valence-corrected chi connectivity index (χ1v) is 8.24. The Morgan fingerprint density at radius 1 is 1.22 bits per heavy atom. The molecule has 5 rings (SSSR count). The van der Waals surface area contributed by atoms with Gasteiger partial charge in [-0.15, -0.1) is 0 Å². The molecule has 4 aliphatic rings. The van der Waals surface area contributed by atoms with E-state index in [1.165, 1.54) is 16.7 Å². The molecule has 4 heteroatoms. The van der Waals surface area contributed by atoms with E-state index in [-0.39, 0.29) is 11.5 Å². The SMILES string of the molecule is COC1=CC=C2C3Cc4ccc(OC)c5c4[C@@]2(CCN3C)C1O5. The van der Waals surface area contributed by atoms with Crippen LogP contribution in [0.1, 0.15) is 17.5 Å². The Morgan fingerprint density at radius 3 is 2.87 bits per heavy atom. The molecule has 0 N–H and O–H groups in total. The molecule has 1 aromatic rings. The van der Waals surface area contributed by atoms with Gasteiger partial charge < -0.3 is 14.2 Å². The number of benzene rings is 1. The maximum absolute atomic E-state index is 6.46. The van der Waals surface area contributed by atoms with Gasteiger partial charge in [0.15, 0.2) is 17.6 Å². The van der Waals surface area contributed by atoms with Crippen molar-refractivity contribution in [2.75, 3.05) is 27.8 Å². The Morgan fingerprint density at radius 2 is 2.09 bits per heavy atom. The largest absolute Gasteiger partial charge is 0.497 e. The lowest BCUT2D eigenvalue weighted by atomic mass is 9.57. The van der Waals surface area contributed by atoms with E-state index >= 15 is 0 Å². The molecule has 2 bridgehead atoms. The van der Waals surface area contributed by atoms with Crippen molar-refractivity contribution in [2.24, 2.45) is 0 Å². The third-order valence-corrected chi connectivity index (χ3v) is 6.16. The van der Waals surface area contributed by atoms with Gasteiger partial charge in [0, 0.05) is 11.6 Å². The van der Waals surface area contributed by atoms with Crippen LogP contribution in [0.4, 0.5) is 0 Å². The summed E-state index contributed by atoms with van der Waals surface area (Å²) in [5.41, 5.74) is 4.15. The second-order valence-electron chi connectivity index (χ2n) is 6.95. The van der Waals surface area contributed by atoms with Crippen molar-refractivity contribution < 1.29 is 14.2 Å². The van der Waals surface area contributed by atoms with Gasteiger partial charge in [-0.2, -0.15) is 0 Å².